The molecule has 2 fully saturated rings. The van der Waals surface area contributed by atoms with Crippen molar-refractivity contribution in [3.63, 3.8) is 0 Å². The van der Waals surface area contributed by atoms with Gasteiger partial charge in [-0.1, -0.05) is 0 Å². The van der Waals surface area contributed by atoms with Crippen LogP contribution < -0.4 is 0 Å². The molecule has 2 aliphatic heterocycles. The van der Waals surface area contributed by atoms with Crippen molar-refractivity contribution in [3.05, 3.63) is 0 Å². The fourth-order valence-corrected chi connectivity index (χ4v) is 3.94. The maximum absolute atomic E-state index is 10.2. The Morgan fingerprint density at radius 1 is 1.53 bits per heavy atom. The van der Waals surface area contributed by atoms with Crippen LogP contribution in [-0.4, -0.2) is 34.4 Å². The number of hydrogen-bond donors (Lipinski definition) is 1. The molecule has 0 aromatic heterocycles. The molecule has 2 rings (SSSR count). The summed E-state index contributed by atoms with van der Waals surface area (Å²) in [5, 5.41) is 10.2. The molecule has 0 spiro atoms. The standard InChI is InChI=1S/C12H22O2S/c1-12(7-3-9-15-12)11(13)6-5-10-4-2-8-14-10/h10-11,13H,2-9H2,1H3. The molecular weight excluding hydrogens is 208 g/mol. The van der Waals surface area contributed by atoms with Crippen molar-refractivity contribution in [3.8, 4) is 0 Å². The Balaban J connectivity index is 1.73. The van der Waals surface area contributed by atoms with Gasteiger partial charge in [-0.05, 0) is 51.2 Å². The van der Waals surface area contributed by atoms with E-state index in [2.05, 4.69) is 6.92 Å². The fraction of sp³-hybridized carbons (Fsp3) is 1.00. The summed E-state index contributed by atoms with van der Waals surface area (Å²) in [5.74, 6) is 1.22. The first kappa shape index (κ1) is 11.7. The number of thioether (sulfide) groups is 1. The third kappa shape index (κ3) is 2.89. The van der Waals surface area contributed by atoms with E-state index in [-0.39, 0.29) is 10.9 Å². The summed E-state index contributed by atoms with van der Waals surface area (Å²) in [4.78, 5) is 0. The van der Waals surface area contributed by atoms with Crippen LogP contribution in [0.2, 0.25) is 0 Å². The van der Waals surface area contributed by atoms with Gasteiger partial charge in [0.25, 0.3) is 0 Å². The highest BCUT2D eigenvalue weighted by atomic mass is 32.2. The molecule has 2 nitrogen and oxygen atoms in total. The lowest BCUT2D eigenvalue weighted by atomic mass is 9.94. The van der Waals surface area contributed by atoms with Crippen molar-refractivity contribution in [2.75, 3.05) is 12.4 Å². The third-order valence-electron chi connectivity index (χ3n) is 3.74. The molecule has 0 bridgehead atoms. The van der Waals surface area contributed by atoms with E-state index in [0.29, 0.717) is 6.10 Å². The summed E-state index contributed by atoms with van der Waals surface area (Å²) in [7, 11) is 0. The van der Waals surface area contributed by atoms with Gasteiger partial charge in [-0.2, -0.15) is 11.8 Å². The van der Waals surface area contributed by atoms with Gasteiger partial charge in [-0.15, -0.1) is 0 Å². The lowest BCUT2D eigenvalue weighted by Crippen LogP contribution is -2.34. The zero-order valence-corrected chi connectivity index (χ0v) is 10.4. The van der Waals surface area contributed by atoms with Gasteiger partial charge in [-0.3, -0.25) is 0 Å². The van der Waals surface area contributed by atoms with E-state index < -0.39 is 0 Å². The van der Waals surface area contributed by atoms with Crippen LogP contribution in [-0.2, 0) is 4.74 Å². The van der Waals surface area contributed by atoms with Gasteiger partial charge >= 0.3 is 0 Å². The van der Waals surface area contributed by atoms with Gasteiger partial charge in [0, 0.05) is 11.4 Å². The minimum atomic E-state index is -0.144. The molecule has 2 aliphatic rings. The van der Waals surface area contributed by atoms with Crippen LogP contribution in [0.5, 0.6) is 0 Å². The van der Waals surface area contributed by atoms with E-state index >= 15 is 0 Å². The molecule has 3 atom stereocenters. The monoisotopic (exact) mass is 230 g/mol. The van der Waals surface area contributed by atoms with E-state index in [1.54, 1.807) is 0 Å². The highest BCUT2D eigenvalue weighted by Crippen LogP contribution is 2.41. The van der Waals surface area contributed by atoms with Crippen molar-refractivity contribution < 1.29 is 9.84 Å². The van der Waals surface area contributed by atoms with E-state index in [1.165, 1.54) is 31.4 Å². The first-order chi connectivity index (χ1) is 7.21. The molecule has 0 aromatic carbocycles. The molecule has 3 unspecified atom stereocenters. The van der Waals surface area contributed by atoms with Crippen molar-refractivity contribution in [2.24, 2.45) is 0 Å². The second kappa shape index (κ2) is 5.07. The molecule has 88 valence electrons. The minimum absolute atomic E-state index is 0.124. The van der Waals surface area contributed by atoms with Gasteiger partial charge in [0.2, 0.25) is 0 Å². The molecular formula is C12H22O2S. The maximum atomic E-state index is 10.2. The smallest absolute Gasteiger partial charge is 0.0685 e. The van der Waals surface area contributed by atoms with Crippen molar-refractivity contribution in [2.45, 2.75) is 62.4 Å². The summed E-state index contributed by atoms with van der Waals surface area (Å²) in [6.07, 6.45) is 7.06. The molecule has 2 heterocycles. The number of aliphatic hydroxyl groups excluding tert-OH is 1. The zero-order chi connectivity index (χ0) is 10.7. The Morgan fingerprint density at radius 3 is 3.00 bits per heavy atom. The molecule has 15 heavy (non-hydrogen) atoms. The highest BCUT2D eigenvalue weighted by Gasteiger charge is 2.36. The molecule has 0 saturated carbocycles. The van der Waals surface area contributed by atoms with Crippen LogP contribution in [0.25, 0.3) is 0 Å². The summed E-state index contributed by atoms with van der Waals surface area (Å²) in [6.45, 7) is 3.14. The quantitative estimate of drug-likeness (QED) is 0.805. The Kier molecular flexibility index (Phi) is 3.97. The number of aliphatic hydroxyl groups is 1. The van der Waals surface area contributed by atoms with Gasteiger partial charge in [0.1, 0.15) is 0 Å². The summed E-state index contributed by atoms with van der Waals surface area (Å²) < 4.78 is 5.70. The largest absolute Gasteiger partial charge is 0.392 e. The molecule has 3 heteroatoms. The van der Waals surface area contributed by atoms with Gasteiger partial charge in [-0.25, -0.2) is 0 Å². The zero-order valence-electron chi connectivity index (χ0n) is 9.58. The average molecular weight is 230 g/mol. The topological polar surface area (TPSA) is 29.5 Å². The third-order valence-corrected chi connectivity index (χ3v) is 5.37. The predicted octanol–water partition coefficient (Wildman–Crippen LogP) is 2.59. The maximum Gasteiger partial charge on any atom is 0.0685 e. The van der Waals surface area contributed by atoms with E-state index in [1.807, 2.05) is 11.8 Å². The SMILES string of the molecule is CC1(C(O)CCC2CCCO2)CCCS1. The highest BCUT2D eigenvalue weighted by molar-refractivity contribution is 8.00. The second-order valence-corrected chi connectivity index (χ2v) is 6.62. The Bertz CT molecular complexity index is 196. The Morgan fingerprint density at radius 2 is 2.40 bits per heavy atom. The Labute approximate surface area is 96.8 Å². The van der Waals surface area contributed by atoms with E-state index in [9.17, 15) is 5.11 Å². The Hall–Kier alpha value is 0.270. The van der Waals surface area contributed by atoms with Gasteiger partial charge in [0.05, 0.1) is 12.2 Å². The molecule has 0 amide bonds. The average Bonchev–Trinajstić information content (AvgIpc) is 2.85. The molecule has 2 saturated heterocycles. The van der Waals surface area contributed by atoms with Crippen molar-refractivity contribution >= 4 is 11.8 Å². The van der Waals surface area contributed by atoms with Crippen LogP contribution in [0.4, 0.5) is 0 Å². The van der Waals surface area contributed by atoms with Crippen LogP contribution in [0.1, 0.15) is 45.4 Å². The van der Waals surface area contributed by atoms with Crippen LogP contribution >= 0.6 is 11.8 Å². The van der Waals surface area contributed by atoms with Gasteiger partial charge < -0.3 is 9.84 Å². The van der Waals surface area contributed by atoms with Crippen LogP contribution in [0.15, 0.2) is 0 Å². The minimum Gasteiger partial charge on any atom is -0.392 e. The molecule has 1 N–H and O–H groups in total. The lowest BCUT2D eigenvalue weighted by molar-refractivity contribution is 0.0698. The number of hydrogen-bond acceptors (Lipinski definition) is 3. The van der Waals surface area contributed by atoms with E-state index in [0.717, 1.165) is 19.4 Å². The fourth-order valence-electron chi connectivity index (χ4n) is 2.58. The normalized spacial score (nSPS) is 38.4. The summed E-state index contributed by atoms with van der Waals surface area (Å²) in [5.41, 5.74) is 0. The second-order valence-electron chi connectivity index (χ2n) is 4.99. The molecule has 0 aromatic rings. The molecule has 0 radical (unpaired) electrons. The first-order valence-corrected chi connectivity index (χ1v) is 7.13. The van der Waals surface area contributed by atoms with Crippen molar-refractivity contribution in [1.29, 1.82) is 0 Å². The van der Waals surface area contributed by atoms with Gasteiger partial charge in [0.15, 0.2) is 0 Å². The van der Waals surface area contributed by atoms with Crippen LogP contribution in [0, 0.1) is 0 Å². The molecule has 0 aliphatic carbocycles. The summed E-state index contributed by atoms with van der Waals surface area (Å²) >= 11 is 1.94. The van der Waals surface area contributed by atoms with E-state index in [4.69, 9.17) is 4.74 Å². The lowest BCUT2D eigenvalue weighted by Gasteiger charge is -2.29. The van der Waals surface area contributed by atoms with Crippen molar-refractivity contribution in [1.82, 2.24) is 0 Å². The predicted molar refractivity (Wildman–Crippen MR) is 64.3 cm³/mol. The summed E-state index contributed by atoms with van der Waals surface area (Å²) in [6, 6.07) is 0. The first-order valence-electron chi connectivity index (χ1n) is 6.14. The number of rotatable bonds is 4. The van der Waals surface area contributed by atoms with Crippen LogP contribution in [0.3, 0.4) is 0 Å². The number of ether oxygens (including phenoxy) is 1.